The summed E-state index contributed by atoms with van der Waals surface area (Å²) in [6.45, 7) is 3.51. The van der Waals surface area contributed by atoms with Crippen LogP contribution in [0.3, 0.4) is 0 Å². The number of piperazine rings is 1. The molecule has 1 aliphatic rings. The highest BCUT2D eigenvalue weighted by Crippen LogP contribution is 2.20. The van der Waals surface area contributed by atoms with E-state index in [0.29, 0.717) is 11.5 Å². The molecule has 5 heteroatoms. The molecule has 2 heterocycles. The number of aromatic nitrogens is 1. The molecule has 0 radical (unpaired) electrons. The van der Waals surface area contributed by atoms with Crippen molar-refractivity contribution in [1.82, 2.24) is 10.1 Å². The van der Waals surface area contributed by atoms with Gasteiger partial charge < -0.3 is 14.3 Å². The molecule has 1 fully saturated rings. The molecule has 0 unspecified atom stereocenters. The summed E-state index contributed by atoms with van der Waals surface area (Å²) < 4.78 is 5.28. The molecule has 0 saturated carbocycles. The van der Waals surface area contributed by atoms with Gasteiger partial charge in [-0.3, -0.25) is 4.79 Å². The Morgan fingerprint density at radius 2 is 1.95 bits per heavy atom. The Labute approximate surface area is 117 Å². The first kappa shape index (κ1) is 12.9. The molecule has 104 valence electrons. The van der Waals surface area contributed by atoms with Crippen molar-refractivity contribution in [2.24, 2.45) is 0 Å². The SMILES string of the molecule is C[NH+]1CCN(C(=O)c2cc(-c3ccccc3)on2)CC1. The Hall–Kier alpha value is -2.14. The number of carbonyl (C=O) groups is 1. The van der Waals surface area contributed by atoms with E-state index in [0.717, 1.165) is 31.7 Å². The number of nitrogens with one attached hydrogen (secondary N) is 1. The van der Waals surface area contributed by atoms with Gasteiger partial charge in [-0.25, -0.2) is 0 Å². The van der Waals surface area contributed by atoms with Crippen LogP contribution in [0.25, 0.3) is 11.3 Å². The number of quaternary nitrogens is 1. The number of hydrogen-bond donors (Lipinski definition) is 1. The van der Waals surface area contributed by atoms with Crippen LogP contribution in [0.5, 0.6) is 0 Å². The van der Waals surface area contributed by atoms with Gasteiger partial charge in [0, 0.05) is 11.6 Å². The second kappa shape index (κ2) is 5.46. The fraction of sp³-hybridized carbons (Fsp3) is 0.333. The highest BCUT2D eigenvalue weighted by atomic mass is 16.5. The Morgan fingerprint density at radius 1 is 1.25 bits per heavy atom. The molecular formula is C15H18N3O2+. The van der Waals surface area contributed by atoms with Crippen LogP contribution in [0.1, 0.15) is 10.5 Å². The third-order valence-corrected chi connectivity index (χ3v) is 3.69. The molecule has 20 heavy (non-hydrogen) atoms. The summed E-state index contributed by atoms with van der Waals surface area (Å²) in [6.07, 6.45) is 0. The summed E-state index contributed by atoms with van der Waals surface area (Å²) in [4.78, 5) is 15.6. The monoisotopic (exact) mass is 272 g/mol. The van der Waals surface area contributed by atoms with E-state index in [9.17, 15) is 4.79 Å². The lowest BCUT2D eigenvalue weighted by Crippen LogP contribution is -3.12. The Bertz CT molecular complexity index is 586. The minimum Gasteiger partial charge on any atom is -0.355 e. The van der Waals surface area contributed by atoms with Gasteiger partial charge >= 0.3 is 0 Å². The minimum atomic E-state index is -0.0385. The number of likely N-dealkylation sites (N-methyl/N-ethyl adjacent to an activating group) is 1. The van der Waals surface area contributed by atoms with Crippen LogP contribution in [-0.4, -0.2) is 49.2 Å². The van der Waals surface area contributed by atoms with Gasteiger partial charge in [0.2, 0.25) is 0 Å². The summed E-state index contributed by atoms with van der Waals surface area (Å²) in [5, 5.41) is 3.91. The lowest BCUT2D eigenvalue weighted by Gasteiger charge is -2.29. The van der Waals surface area contributed by atoms with Gasteiger partial charge in [0.1, 0.15) is 0 Å². The largest absolute Gasteiger partial charge is 0.355 e. The van der Waals surface area contributed by atoms with Crippen molar-refractivity contribution in [1.29, 1.82) is 0 Å². The number of hydrogen-bond acceptors (Lipinski definition) is 3. The predicted molar refractivity (Wildman–Crippen MR) is 74.5 cm³/mol. The standard InChI is InChI=1S/C15H17N3O2/c1-17-7-9-18(10-8-17)15(19)13-11-14(20-16-13)12-5-3-2-4-6-12/h2-6,11H,7-10H2,1H3/p+1. The summed E-state index contributed by atoms with van der Waals surface area (Å²) in [5.74, 6) is 0.595. The molecule has 0 spiro atoms. The van der Waals surface area contributed by atoms with Crippen molar-refractivity contribution >= 4 is 5.91 Å². The summed E-state index contributed by atoms with van der Waals surface area (Å²) >= 11 is 0. The maximum Gasteiger partial charge on any atom is 0.276 e. The van der Waals surface area contributed by atoms with Crippen molar-refractivity contribution < 1.29 is 14.2 Å². The number of nitrogens with zero attached hydrogens (tertiary/aromatic N) is 2. The van der Waals surface area contributed by atoms with E-state index >= 15 is 0 Å². The zero-order chi connectivity index (χ0) is 13.9. The molecule has 0 aliphatic carbocycles. The van der Waals surface area contributed by atoms with Crippen LogP contribution in [0.15, 0.2) is 40.9 Å². The predicted octanol–water partition coefficient (Wildman–Crippen LogP) is 0.312. The zero-order valence-corrected chi connectivity index (χ0v) is 11.5. The molecule has 3 rings (SSSR count). The first-order valence-corrected chi connectivity index (χ1v) is 6.87. The fourth-order valence-electron chi connectivity index (χ4n) is 2.37. The van der Waals surface area contributed by atoms with Crippen molar-refractivity contribution in [3.8, 4) is 11.3 Å². The maximum atomic E-state index is 12.3. The summed E-state index contributed by atoms with van der Waals surface area (Å²) in [7, 11) is 2.14. The molecule has 5 nitrogen and oxygen atoms in total. The van der Waals surface area contributed by atoms with Crippen LogP contribution < -0.4 is 4.90 Å². The van der Waals surface area contributed by atoms with E-state index < -0.39 is 0 Å². The normalized spacial score (nSPS) is 16.4. The second-order valence-corrected chi connectivity index (χ2v) is 5.19. The van der Waals surface area contributed by atoms with E-state index in [4.69, 9.17) is 4.52 Å². The number of amides is 1. The van der Waals surface area contributed by atoms with Gasteiger partial charge in [0.05, 0.1) is 33.2 Å². The van der Waals surface area contributed by atoms with Crippen molar-refractivity contribution in [2.45, 2.75) is 0 Å². The first-order chi connectivity index (χ1) is 9.74. The fourth-order valence-corrected chi connectivity index (χ4v) is 2.37. The van der Waals surface area contributed by atoms with Gasteiger partial charge in [-0.15, -0.1) is 0 Å². The van der Waals surface area contributed by atoms with Crippen LogP contribution in [0.2, 0.25) is 0 Å². The van der Waals surface area contributed by atoms with E-state index in [1.165, 1.54) is 4.90 Å². The maximum absolute atomic E-state index is 12.3. The molecular weight excluding hydrogens is 254 g/mol. The number of benzene rings is 1. The van der Waals surface area contributed by atoms with Crippen molar-refractivity contribution in [3.05, 3.63) is 42.1 Å². The van der Waals surface area contributed by atoms with Gasteiger partial charge in [-0.2, -0.15) is 0 Å². The molecule has 0 atom stereocenters. The van der Waals surface area contributed by atoms with E-state index in [2.05, 4.69) is 12.2 Å². The van der Waals surface area contributed by atoms with Gasteiger partial charge in [-0.05, 0) is 0 Å². The Kier molecular flexibility index (Phi) is 3.52. The van der Waals surface area contributed by atoms with Crippen LogP contribution in [0, 0.1) is 0 Å². The lowest BCUT2D eigenvalue weighted by molar-refractivity contribution is -0.883. The highest BCUT2D eigenvalue weighted by molar-refractivity contribution is 5.93. The lowest BCUT2D eigenvalue weighted by atomic mass is 10.1. The first-order valence-electron chi connectivity index (χ1n) is 6.87. The molecule has 2 aromatic rings. The molecule has 1 amide bonds. The summed E-state index contributed by atoms with van der Waals surface area (Å²) in [5.41, 5.74) is 1.32. The second-order valence-electron chi connectivity index (χ2n) is 5.19. The van der Waals surface area contributed by atoms with E-state index in [-0.39, 0.29) is 5.91 Å². The Morgan fingerprint density at radius 3 is 2.65 bits per heavy atom. The smallest absolute Gasteiger partial charge is 0.276 e. The molecule has 1 aliphatic heterocycles. The molecule has 1 saturated heterocycles. The Balaban J connectivity index is 1.75. The van der Waals surface area contributed by atoms with Crippen LogP contribution in [0.4, 0.5) is 0 Å². The topological polar surface area (TPSA) is 50.8 Å². The quantitative estimate of drug-likeness (QED) is 0.856. The molecule has 1 aromatic carbocycles. The summed E-state index contributed by atoms with van der Waals surface area (Å²) in [6, 6.07) is 11.4. The molecule has 1 aromatic heterocycles. The molecule has 0 bridgehead atoms. The van der Waals surface area contributed by atoms with E-state index in [1.54, 1.807) is 6.07 Å². The van der Waals surface area contributed by atoms with E-state index in [1.807, 2.05) is 35.2 Å². The minimum absolute atomic E-state index is 0.0385. The van der Waals surface area contributed by atoms with Gasteiger partial charge in [0.25, 0.3) is 5.91 Å². The highest BCUT2D eigenvalue weighted by Gasteiger charge is 2.25. The van der Waals surface area contributed by atoms with Crippen molar-refractivity contribution in [3.63, 3.8) is 0 Å². The van der Waals surface area contributed by atoms with Crippen LogP contribution >= 0.6 is 0 Å². The van der Waals surface area contributed by atoms with Gasteiger partial charge in [0.15, 0.2) is 11.5 Å². The van der Waals surface area contributed by atoms with Crippen LogP contribution in [-0.2, 0) is 0 Å². The third kappa shape index (κ3) is 2.58. The number of rotatable bonds is 2. The third-order valence-electron chi connectivity index (χ3n) is 3.69. The zero-order valence-electron chi connectivity index (χ0n) is 11.5. The van der Waals surface area contributed by atoms with Gasteiger partial charge in [-0.1, -0.05) is 35.5 Å². The van der Waals surface area contributed by atoms with Crippen molar-refractivity contribution in [2.75, 3.05) is 33.2 Å². The average molecular weight is 272 g/mol. The molecule has 1 N–H and O–H groups in total. The number of carbonyl (C=O) groups excluding carboxylic acids is 1. The average Bonchev–Trinajstić information content (AvgIpc) is 2.98.